The standard InChI is InChI=1S/C18H25N3O5/c1-4-20-9-10-21(18(24)17(20)23)12-16(22)19-8-7-13-5-6-14(25-2)15(11-13)26-3/h5-6,11H,4,7-10,12H2,1-3H3,(H,19,22). The van der Waals surface area contributed by atoms with Gasteiger partial charge < -0.3 is 24.6 Å². The lowest BCUT2D eigenvalue weighted by molar-refractivity contribution is -0.156. The predicted molar refractivity (Wildman–Crippen MR) is 95.1 cm³/mol. The Labute approximate surface area is 153 Å². The van der Waals surface area contributed by atoms with Gasteiger partial charge in [-0.15, -0.1) is 0 Å². The Morgan fingerprint density at radius 1 is 1.08 bits per heavy atom. The fraction of sp³-hybridized carbons (Fsp3) is 0.500. The van der Waals surface area contributed by atoms with Gasteiger partial charge >= 0.3 is 11.8 Å². The van der Waals surface area contributed by atoms with Crippen LogP contribution in [0.5, 0.6) is 11.5 Å². The first kappa shape index (κ1) is 19.6. The zero-order valence-corrected chi connectivity index (χ0v) is 15.4. The molecule has 1 saturated heterocycles. The lowest BCUT2D eigenvalue weighted by atomic mass is 10.1. The number of ether oxygens (including phenoxy) is 2. The second-order valence-corrected chi connectivity index (χ2v) is 5.90. The van der Waals surface area contributed by atoms with Crippen molar-refractivity contribution in [2.75, 3.05) is 46.9 Å². The van der Waals surface area contributed by atoms with Crippen LogP contribution in [0.4, 0.5) is 0 Å². The number of rotatable bonds is 8. The summed E-state index contributed by atoms with van der Waals surface area (Å²) >= 11 is 0. The van der Waals surface area contributed by atoms with Crippen LogP contribution in [0.3, 0.4) is 0 Å². The first-order valence-corrected chi connectivity index (χ1v) is 8.56. The molecule has 0 aliphatic carbocycles. The third-order valence-corrected chi connectivity index (χ3v) is 4.30. The van der Waals surface area contributed by atoms with Crippen LogP contribution in [-0.2, 0) is 20.8 Å². The van der Waals surface area contributed by atoms with Crippen molar-refractivity contribution < 1.29 is 23.9 Å². The second kappa shape index (κ2) is 9.07. The molecule has 0 saturated carbocycles. The minimum Gasteiger partial charge on any atom is -0.493 e. The normalized spacial score (nSPS) is 14.4. The zero-order valence-electron chi connectivity index (χ0n) is 15.4. The Morgan fingerprint density at radius 2 is 1.73 bits per heavy atom. The van der Waals surface area contributed by atoms with Crippen LogP contribution < -0.4 is 14.8 Å². The monoisotopic (exact) mass is 363 g/mol. The highest BCUT2D eigenvalue weighted by molar-refractivity contribution is 6.35. The molecule has 0 spiro atoms. The average Bonchev–Trinajstić information content (AvgIpc) is 2.65. The number of amides is 3. The quantitative estimate of drug-likeness (QED) is 0.660. The van der Waals surface area contributed by atoms with Crippen LogP contribution in [0.1, 0.15) is 12.5 Å². The van der Waals surface area contributed by atoms with E-state index in [-0.39, 0.29) is 12.5 Å². The smallest absolute Gasteiger partial charge is 0.312 e. The van der Waals surface area contributed by atoms with Gasteiger partial charge in [-0.1, -0.05) is 6.07 Å². The Bertz CT molecular complexity index is 677. The van der Waals surface area contributed by atoms with Crippen molar-refractivity contribution >= 4 is 17.7 Å². The van der Waals surface area contributed by atoms with Gasteiger partial charge in [0, 0.05) is 26.2 Å². The predicted octanol–water partition coefficient (Wildman–Crippen LogP) is 0.0532. The molecule has 0 aromatic heterocycles. The van der Waals surface area contributed by atoms with E-state index in [0.29, 0.717) is 44.1 Å². The minimum atomic E-state index is -0.617. The molecule has 0 radical (unpaired) electrons. The molecule has 1 aliphatic rings. The molecule has 8 heteroatoms. The molecule has 26 heavy (non-hydrogen) atoms. The number of nitrogens with one attached hydrogen (secondary N) is 1. The van der Waals surface area contributed by atoms with Gasteiger partial charge in [0.05, 0.1) is 14.2 Å². The van der Waals surface area contributed by atoms with Gasteiger partial charge in [0.1, 0.15) is 6.54 Å². The minimum absolute atomic E-state index is 0.103. The Kier molecular flexibility index (Phi) is 6.82. The first-order chi connectivity index (χ1) is 12.5. The number of carbonyl (C=O) groups excluding carboxylic acids is 3. The number of hydrogen-bond acceptors (Lipinski definition) is 5. The maximum Gasteiger partial charge on any atom is 0.312 e. The van der Waals surface area contributed by atoms with Crippen molar-refractivity contribution in [2.45, 2.75) is 13.3 Å². The highest BCUT2D eigenvalue weighted by atomic mass is 16.5. The summed E-state index contributed by atoms with van der Waals surface area (Å²) in [6, 6.07) is 5.57. The summed E-state index contributed by atoms with van der Waals surface area (Å²) < 4.78 is 10.4. The van der Waals surface area contributed by atoms with Gasteiger partial charge in [0.25, 0.3) is 0 Å². The summed E-state index contributed by atoms with van der Waals surface area (Å²) in [5.41, 5.74) is 0.991. The number of hydrogen-bond donors (Lipinski definition) is 1. The molecular weight excluding hydrogens is 338 g/mol. The van der Waals surface area contributed by atoms with E-state index in [4.69, 9.17) is 9.47 Å². The molecule has 8 nitrogen and oxygen atoms in total. The van der Waals surface area contributed by atoms with Gasteiger partial charge in [-0.2, -0.15) is 0 Å². The van der Waals surface area contributed by atoms with Gasteiger partial charge in [-0.3, -0.25) is 14.4 Å². The molecule has 1 aliphatic heterocycles. The number of benzene rings is 1. The summed E-state index contributed by atoms with van der Waals surface area (Å²) in [6.07, 6.45) is 0.614. The molecule has 3 amide bonds. The van der Waals surface area contributed by atoms with E-state index >= 15 is 0 Å². The molecule has 1 heterocycles. The van der Waals surface area contributed by atoms with Crippen LogP contribution in [0.15, 0.2) is 18.2 Å². The molecule has 2 rings (SSSR count). The lowest BCUT2D eigenvalue weighted by Crippen LogP contribution is -2.56. The number of methoxy groups -OCH3 is 2. The summed E-state index contributed by atoms with van der Waals surface area (Å²) in [7, 11) is 3.14. The lowest BCUT2D eigenvalue weighted by Gasteiger charge is -2.32. The van der Waals surface area contributed by atoms with E-state index in [1.807, 2.05) is 25.1 Å². The van der Waals surface area contributed by atoms with E-state index in [1.165, 1.54) is 9.80 Å². The van der Waals surface area contributed by atoms with Crippen LogP contribution in [0.2, 0.25) is 0 Å². The van der Waals surface area contributed by atoms with Crippen LogP contribution in [-0.4, -0.2) is 74.5 Å². The highest BCUT2D eigenvalue weighted by Gasteiger charge is 2.32. The van der Waals surface area contributed by atoms with E-state index in [0.717, 1.165) is 5.56 Å². The molecule has 1 N–H and O–H groups in total. The van der Waals surface area contributed by atoms with Gasteiger partial charge in [0.2, 0.25) is 5.91 Å². The van der Waals surface area contributed by atoms with E-state index in [2.05, 4.69) is 5.32 Å². The molecular formula is C18H25N3O5. The third kappa shape index (κ3) is 4.65. The number of nitrogens with zero attached hydrogens (tertiary/aromatic N) is 2. The van der Waals surface area contributed by atoms with E-state index in [9.17, 15) is 14.4 Å². The fourth-order valence-corrected chi connectivity index (χ4v) is 2.78. The summed E-state index contributed by atoms with van der Waals surface area (Å²) in [5.74, 6) is -0.162. The Hall–Kier alpha value is -2.77. The van der Waals surface area contributed by atoms with Gasteiger partial charge in [0.15, 0.2) is 11.5 Å². The molecule has 142 valence electrons. The van der Waals surface area contributed by atoms with Crippen LogP contribution in [0, 0.1) is 0 Å². The van der Waals surface area contributed by atoms with E-state index in [1.54, 1.807) is 14.2 Å². The first-order valence-electron chi connectivity index (χ1n) is 8.56. The number of carbonyl (C=O) groups is 3. The van der Waals surface area contributed by atoms with E-state index < -0.39 is 11.8 Å². The molecule has 1 fully saturated rings. The summed E-state index contributed by atoms with van der Waals surface area (Å²) in [4.78, 5) is 38.7. The van der Waals surface area contributed by atoms with Crippen LogP contribution >= 0.6 is 0 Å². The Morgan fingerprint density at radius 3 is 2.38 bits per heavy atom. The molecule has 0 bridgehead atoms. The topological polar surface area (TPSA) is 88.2 Å². The maximum absolute atomic E-state index is 12.1. The molecule has 1 aromatic carbocycles. The van der Waals surface area contributed by atoms with Crippen LogP contribution in [0.25, 0.3) is 0 Å². The van der Waals surface area contributed by atoms with Crippen molar-refractivity contribution in [3.8, 4) is 11.5 Å². The second-order valence-electron chi connectivity index (χ2n) is 5.90. The maximum atomic E-state index is 12.1. The SMILES string of the molecule is CCN1CCN(CC(=O)NCCc2ccc(OC)c(OC)c2)C(=O)C1=O. The zero-order chi connectivity index (χ0) is 19.1. The van der Waals surface area contributed by atoms with Crippen molar-refractivity contribution in [3.63, 3.8) is 0 Å². The summed E-state index contributed by atoms with van der Waals surface area (Å²) in [5, 5.41) is 2.78. The number of likely N-dealkylation sites (N-methyl/N-ethyl adjacent to an activating group) is 1. The fourth-order valence-electron chi connectivity index (χ4n) is 2.78. The van der Waals surface area contributed by atoms with Crippen molar-refractivity contribution in [3.05, 3.63) is 23.8 Å². The largest absolute Gasteiger partial charge is 0.493 e. The molecule has 1 aromatic rings. The number of piperazine rings is 1. The van der Waals surface area contributed by atoms with Gasteiger partial charge in [-0.25, -0.2) is 0 Å². The van der Waals surface area contributed by atoms with Crippen molar-refractivity contribution in [1.29, 1.82) is 0 Å². The third-order valence-electron chi connectivity index (χ3n) is 4.30. The summed E-state index contributed by atoms with van der Waals surface area (Å²) in [6.45, 7) is 3.47. The van der Waals surface area contributed by atoms with Crippen molar-refractivity contribution in [1.82, 2.24) is 15.1 Å². The van der Waals surface area contributed by atoms with Gasteiger partial charge in [-0.05, 0) is 31.0 Å². The average molecular weight is 363 g/mol. The molecule has 0 unspecified atom stereocenters. The highest BCUT2D eigenvalue weighted by Crippen LogP contribution is 2.27. The molecule has 0 atom stereocenters. The Balaban J connectivity index is 1.81. The van der Waals surface area contributed by atoms with Crippen molar-refractivity contribution in [2.24, 2.45) is 0 Å².